The van der Waals surface area contributed by atoms with E-state index in [1.54, 1.807) is 6.20 Å². The van der Waals surface area contributed by atoms with Crippen LogP contribution in [0, 0.1) is 0 Å². The Kier molecular flexibility index (Phi) is 5.08. The molecular formula is C24H22ClN5O. The number of rotatable bonds is 5. The van der Waals surface area contributed by atoms with Gasteiger partial charge in [-0.15, -0.1) is 0 Å². The lowest BCUT2D eigenvalue weighted by Gasteiger charge is -2.19. The minimum absolute atomic E-state index is 0.198. The van der Waals surface area contributed by atoms with Gasteiger partial charge in [0.25, 0.3) is 5.91 Å². The number of carbonyl (C=O) groups is 1. The van der Waals surface area contributed by atoms with Gasteiger partial charge in [-0.25, -0.2) is 9.67 Å². The number of nitrogens with zero attached hydrogens (tertiary/aromatic N) is 4. The highest BCUT2D eigenvalue weighted by Crippen LogP contribution is 2.29. The van der Waals surface area contributed by atoms with Crippen LogP contribution in [-0.2, 0) is 19.9 Å². The number of hydrogen-bond acceptors (Lipinski definition) is 3. The average Bonchev–Trinajstić information content (AvgIpc) is 3.50. The molecule has 2 aromatic heterocycles. The molecule has 0 unspecified atom stereocenters. The number of hydrogen-bond donors (Lipinski definition) is 1. The minimum atomic E-state index is -0.413. The number of imidazole rings is 1. The third kappa shape index (κ3) is 3.64. The number of carbonyl (C=O) groups excluding carboxylic acids is 1. The van der Waals surface area contributed by atoms with Crippen LogP contribution in [0.5, 0.6) is 0 Å². The van der Waals surface area contributed by atoms with Gasteiger partial charge < -0.3 is 9.88 Å². The topological polar surface area (TPSA) is 64.7 Å². The zero-order chi connectivity index (χ0) is 21.4. The number of aromatic nitrogens is 4. The maximum absolute atomic E-state index is 13.5. The Bertz CT molecular complexity index is 1230. The van der Waals surface area contributed by atoms with Crippen LogP contribution in [0.15, 0.2) is 67.0 Å². The van der Waals surface area contributed by atoms with E-state index in [2.05, 4.69) is 10.3 Å². The molecule has 0 fully saturated rings. The molecule has 0 saturated heterocycles. The lowest BCUT2D eigenvalue weighted by atomic mass is 10.1. The van der Waals surface area contributed by atoms with E-state index < -0.39 is 6.04 Å². The molecule has 0 aliphatic heterocycles. The van der Waals surface area contributed by atoms with Crippen LogP contribution in [-0.4, -0.2) is 25.2 Å². The van der Waals surface area contributed by atoms with Crippen molar-refractivity contribution in [3.63, 3.8) is 0 Å². The third-order valence-electron chi connectivity index (χ3n) is 5.74. The molecule has 1 aliphatic rings. The lowest BCUT2D eigenvalue weighted by Crippen LogP contribution is -2.32. The minimum Gasteiger partial charge on any atom is -0.337 e. The van der Waals surface area contributed by atoms with Crippen molar-refractivity contribution in [3.05, 3.63) is 100 Å². The summed E-state index contributed by atoms with van der Waals surface area (Å²) in [6, 6.07) is 17.0. The molecule has 1 atom stereocenters. The Morgan fingerprint density at radius 2 is 1.87 bits per heavy atom. The first kappa shape index (κ1) is 19.6. The van der Waals surface area contributed by atoms with Crippen LogP contribution in [0.2, 0.25) is 5.02 Å². The Morgan fingerprint density at radius 3 is 2.58 bits per heavy atom. The highest BCUT2D eigenvalue weighted by atomic mass is 35.5. The molecule has 1 amide bonds. The zero-order valence-electron chi connectivity index (χ0n) is 17.1. The highest BCUT2D eigenvalue weighted by Gasteiger charge is 2.29. The molecule has 7 heteroatoms. The second-order valence-electron chi connectivity index (χ2n) is 7.73. The fourth-order valence-corrected chi connectivity index (χ4v) is 4.34. The van der Waals surface area contributed by atoms with Crippen molar-refractivity contribution < 1.29 is 4.79 Å². The Balaban J connectivity index is 1.52. The van der Waals surface area contributed by atoms with E-state index in [0.29, 0.717) is 10.7 Å². The molecule has 2 aromatic carbocycles. The number of para-hydroxylation sites is 1. The van der Waals surface area contributed by atoms with Crippen LogP contribution >= 0.6 is 11.6 Å². The molecule has 0 radical (unpaired) electrons. The predicted octanol–water partition coefficient (Wildman–Crippen LogP) is 4.27. The van der Waals surface area contributed by atoms with Gasteiger partial charge in [-0.2, -0.15) is 5.10 Å². The Labute approximate surface area is 185 Å². The van der Waals surface area contributed by atoms with Crippen LogP contribution in [0.25, 0.3) is 5.69 Å². The number of nitrogens with one attached hydrogen (secondary N) is 1. The number of fused-ring (bicyclic) bond motifs is 1. The summed E-state index contributed by atoms with van der Waals surface area (Å²) in [4.78, 5) is 17.9. The largest absolute Gasteiger partial charge is 0.337 e. The van der Waals surface area contributed by atoms with Crippen LogP contribution < -0.4 is 5.32 Å². The number of halogens is 1. The molecule has 2 heterocycles. The molecule has 1 aliphatic carbocycles. The van der Waals surface area contributed by atoms with Crippen molar-refractivity contribution in [2.24, 2.45) is 7.05 Å². The first-order chi connectivity index (χ1) is 15.1. The fourth-order valence-electron chi connectivity index (χ4n) is 4.21. The second kappa shape index (κ2) is 8.04. The van der Waals surface area contributed by atoms with Gasteiger partial charge in [-0.1, -0.05) is 41.9 Å². The Hall–Kier alpha value is -3.38. The second-order valence-corrected chi connectivity index (χ2v) is 8.17. The molecule has 4 aromatic rings. The van der Waals surface area contributed by atoms with Crippen LogP contribution in [0.3, 0.4) is 0 Å². The summed E-state index contributed by atoms with van der Waals surface area (Å²) < 4.78 is 3.82. The molecule has 0 saturated carbocycles. The van der Waals surface area contributed by atoms with Gasteiger partial charge in [0.15, 0.2) is 5.69 Å². The maximum atomic E-state index is 13.5. The fraction of sp³-hybridized carbons (Fsp3) is 0.208. The standard InChI is InChI=1S/C24H22ClN5O/c1-29-15-14-26-23(29)21(16-10-12-17(25)13-11-16)27-24(31)22-19-8-5-9-20(19)30(28-22)18-6-3-2-4-7-18/h2-4,6-7,10-15,21H,5,8-9H2,1H3,(H,27,31)/t21-/m0/s1. The summed E-state index contributed by atoms with van der Waals surface area (Å²) in [6.45, 7) is 0. The van der Waals surface area contributed by atoms with E-state index in [1.807, 2.05) is 77.1 Å². The van der Waals surface area contributed by atoms with Gasteiger partial charge in [0.2, 0.25) is 0 Å². The summed E-state index contributed by atoms with van der Waals surface area (Å²) in [5, 5.41) is 8.53. The van der Waals surface area contributed by atoms with E-state index in [1.165, 1.54) is 0 Å². The van der Waals surface area contributed by atoms with Gasteiger partial charge in [-0.05, 0) is 49.1 Å². The average molecular weight is 432 g/mol. The third-order valence-corrected chi connectivity index (χ3v) is 5.99. The smallest absolute Gasteiger partial charge is 0.272 e. The quantitative estimate of drug-likeness (QED) is 0.513. The monoisotopic (exact) mass is 431 g/mol. The number of amides is 1. The number of aryl methyl sites for hydroxylation is 1. The summed E-state index contributed by atoms with van der Waals surface area (Å²) >= 11 is 6.08. The SMILES string of the molecule is Cn1ccnc1[C@@H](NC(=O)c1nn(-c2ccccc2)c2c1CCC2)c1ccc(Cl)cc1. The molecular weight excluding hydrogens is 410 g/mol. The molecule has 5 rings (SSSR count). The number of benzene rings is 2. The maximum Gasteiger partial charge on any atom is 0.272 e. The first-order valence-corrected chi connectivity index (χ1v) is 10.7. The summed E-state index contributed by atoms with van der Waals surface area (Å²) in [5.74, 6) is 0.547. The van der Waals surface area contributed by atoms with E-state index in [-0.39, 0.29) is 5.91 Å². The molecule has 156 valence electrons. The van der Waals surface area contributed by atoms with Crippen molar-refractivity contribution >= 4 is 17.5 Å². The Morgan fingerprint density at radius 1 is 1.10 bits per heavy atom. The molecule has 6 nitrogen and oxygen atoms in total. The highest BCUT2D eigenvalue weighted by molar-refractivity contribution is 6.30. The summed E-state index contributed by atoms with van der Waals surface area (Å²) in [5.41, 5.74) is 4.53. The predicted molar refractivity (Wildman–Crippen MR) is 120 cm³/mol. The van der Waals surface area contributed by atoms with Crippen molar-refractivity contribution in [2.45, 2.75) is 25.3 Å². The molecule has 31 heavy (non-hydrogen) atoms. The van der Waals surface area contributed by atoms with E-state index in [9.17, 15) is 4.79 Å². The first-order valence-electron chi connectivity index (χ1n) is 10.3. The van der Waals surface area contributed by atoms with Crippen LogP contribution in [0.1, 0.15) is 45.6 Å². The molecule has 0 bridgehead atoms. The van der Waals surface area contributed by atoms with Gasteiger partial charge in [-0.3, -0.25) is 4.79 Å². The van der Waals surface area contributed by atoms with Crippen molar-refractivity contribution in [2.75, 3.05) is 0 Å². The van der Waals surface area contributed by atoms with Gasteiger partial charge >= 0.3 is 0 Å². The van der Waals surface area contributed by atoms with Crippen molar-refractivity contribution in [1.82, 2.24) is 24.6 Å². The van der Waals surface area contributed by atoms with Gasteiger partial charge in [0.05, 0.1) is 5.69 Å². The van der Waals surface area contributed by atoms with E-state index >= 15 is 0 Å². The van der Waals surface area contributed by atoms with Gasteiger partial charge in [0, 0.05) is 35.7 Å². The normalized spacial score (nSPS) is 13.7. The molecule has 0 spiro atoms. The lowest BCUT2D eigenvalue weighted by molar-refractivity contribution is 0.0934. The van der Waals surface area contributed by atoms with Crippen LogP contribution in [0.4, 0.5) is 0 Å². The zero-order valence-corrected chi connectivity index (χ0v) is 17.9. The van der Waals surface area contributed by atoms with E-state index in [0.717, 1.165) is 47.6 Å². The van der Waals surface area contributed by atoms with E-state index in [4.69, 9.17) is 16.7 Å². The van der Waals surface area contributed by atoms with Crippen molar-refractivity contribution in [1.29, 1.82) is 0 Å². The molecule has 1 N–H and O–H groups in total. The summed E-state index contributed by atoms with van der Waals surface area (Å²) in [6.07, 6.45) is 6.40. The summed E-state index contributed by atoms with van der Waals surface area (Å²) in [7, 11) is 1.92. The van der Waals surface area contributed by atoms with Crippen molar-refractivity contribution in [3.8, 4) is 5.69 Å². The van der Waals surface area contributed by atoms with Gasteiger partial charge in [0.1, 0.15) is 11.9 Å².